The van der Waals surface area contributed by atoms with Crippen LogP contribution in [-0.4, -0.2) is 5.91 Å². The number of benzene rings is 2. The highest BCUT2D eigenvalue weighted by atomic mass is 19.1. The van der Waals surface area contributed by atoms with Gasteiger partial charge in [0.2, 0.25) is 0 Å². The number of carbonyl (C=O) groups excluding carboxylic acids is 1. The van der Waals surface area contributed by atoms with Crippen molar-refractivity contribution in [3.05, 3.63) is 58.9 Å². The molecule has 4 heteroatoms. The molecule has 0 unspecified atom stereocenters. The first-order valence-corrected chi connectivity index (χ1v) is 5.90. The second-order valence-electron chi connectivity index (χ2n) is 4.55. The van der Waals surface area contributed by atoms with Gasteiger partial charge in [-0.3, -0.25) is 4.79 Å². The fourth-order valence-electron chi connectivity index (χ4n) is 1.89. The number of nitrogens with one attached hydrogen (secondary N) is 1. The molecule has 0 aliphatic rings. The second-order valence-corrected chi connectivity index (χ2v) is 4.55. The standard InChI is InChI=1S/C15H15FN2O/c1-9-3-4-14(10(2)5-9)18-15(19)11-6-12(16)8-13(17)7-11/h3-8H,17H2,1-2H3,(H,18,19). The van der Waals surface area contributed by atoms with Gasteiger partial charge in [0, 0.05) is 16.9 Å². The maximum atomic E-state index is 13.2. The van der Waals surface area contributed by atoms with Crippen molar-refractivity contribution in [1.82, 2.24) is 0 Å². The molecule has 1 amide bonds. The van der Waals surface area contributed by atoms with Crippen molar-refractivity contribution in [2.75, 3.05) is 11.1 Å². The molecule has 0 atom stereocenters. The molecule has 0 aliphatic heterocycles. The molecular formula is C15H15FN2O. The Morgan fingerprint density at radius 2 is 1.89 bits per heavy atom. The van der Waals surface area contributed by atoms with Crippen molar-refractivity contribution < 1.29 is 9.18 Å². The summed E-state index contributed by atoms with van der Waals surface area (Å²) in [5, 5.41) is 2.75. The fourth-order valence-corrected chi connectivity index (χ4v) is 1.89. The third kappa shape index (κ3) is 3.10. The molecule has 0 aromatic heterocycles. The molecule has 3 N–H and O–H groups in total. The average molecular weight is 258 g/mol. The van der Waals surface area contributed by atoms with Gasteiger partial charge < -0.3 is 11.1 Å². The maximum absolute atomic E-state index is 13.2. The van der Waals surface area contributed by atoms with Crippen molar-refractivity contribution in [2.24, 2.45) is 0 Å². The molecule has 0 bridgehead atoms. The summed E-state index contributed by atoms with van der Waals surface area (Å²) >= 11 is 0. The van der Waals surface area contributed by atoms with E-state index in [4.69, 9.17) is 5.73 Å². The zero-order chi connectivity index (χ0) is 14.0. The highest BCUT2D eigenvalue weighted by Gasteiger charge is 2.09. The van der Waals surface area contributed by atoms with Crippen LogP contribution in [-0.2, 0) is 0 Å². The fraction of sp³-hybridized carbons (Fsp3) is 0.133. The Morgan fingerprint density at radius 1 is 1.16 bits per heavy atom. The first-order valence-electron chi connectivity index (χ1n) is 5.90. The summed E-state index contributed by atoms with van der Waals surface area (Å²) in [6.07, 6.45) is 0. The smallest absolute Gasteiger partial charge is 0.255 e. The molecule has 0 fully saturated rings. The van der Waals surface area contributed by atoms with Crippen molar-refractivity contribution >= 4 is 17.3 Å². The lowest BCUT2D eigenvalue weighted by atomic mass is 10.1. The van der Waals surface area contributed by atoms with Crippen LogP contribution >= 0.6 is 0 Å². The van der Waals surface area contributed by atoms with Gasteiger partial charge in [-0.15, -0.1) is 0 Å². The molecule has 0 radical (unpaired) electrons. The van der Waals surface area contributed by atoms with Gasteiger partial charge in [-0.2, -0.15) is 0 Å². The Kier molecular flexibility index (Phi) is 3.51. The van der Waals surface area contributed by atoms with Gasteiger partial charge in [-0.1, -0.05) is 17.7 Å². The summed E-state index contributed by atoms with van der Waals surface area (Å²) in [4.78, 5) is 12.0. The largest absolute Gasteiger partial charge is 0.399 e. The zero-order valence-corrected chi connectivity index (χ0v) is 10.8. The highest BCUT2D eigenvalue weighted by molar-refractivity contribution is 6.05. The first kappa shape index (κ1) is 13.1. The lowest BCUT2D eigenvalue weighted by Crippen LogP contribution is -2.13. The molecule has 3 nitrogen and oxygen atoms in total. The summed E-state index contributed by atoms with van der Waals surface area (Å²) in [6, 6.07) is 9.48. The second kappa shape index (κ2) is 5.10. The molecule has 0 saturated heterocycles. The van der Waals surface area contributed by atoms with E-state index in [9.17, 15) is 9.18 Å². The molecule has 0 spiro atoms. The van der Waals surface area contributed by atoms with Crippen LogP contribution in [0, 0.1) is 19.7 Å². The molecule has 98 valence electrons. The Labute approximate surface area is 111 Å². The normalized spacial score (nSPS) is 10.3. The predicted octanol–water partition coefficient (Wildman–Crippen LogP) is 3.28. The molecular weight excluding hydrogens is 243 g/mol. The van der Waals surface area contributed by atoms with Crippen molar-refractivity contribution in [3.63, 3.8) is 0 Å². The molecule has 19 heavy (non-hydrogen) atoms. The topological polar surface area (TPSA) is 55.1 Å². The van der Waals surface area contributed by atoms with Crippen LogP contribution in [0.15, 0.2) is 36.4 Å². The number of aryl methyl sites for hydroxylation is 2. The number of amides is 1. The summed E-state index contributed by atoms with van der Waals surface area (Å²) < 4.78 is 13.2. The number of halogens is 1. The number of carbonyl (C=O) groups is 1. The van der Waals surface area contributed by atoms with E-state index >= 15 is 0 Å². The minimum absolute atomic E-state index is 0.206. The van der Waals surface area contributed by atoms with Gasteiger partial charge in [-0.05, 0) is 43.7 Å². The lowest BCUT2D eigenvalue weighted by molar-refractivity contribution is 0.102. The Balaban J connectivity index is 2.25. The van der Waals surface area contributed by atoms with Gasteiger partial charge in [-0.25, -0.2) is 4.39 Å². The number of hydrogen-bond donors (Lipinski definition) is 2. The van der Waals surface area contributed by atoms with Crippen molar-refractivity contribution in [2.45, 2.75) is 13.8 Å². The van der Waals surface area contributed by atoms with Gasteiger partial charge in [0.15, 0.2) is 0 Å². The van der Waals surface area contributed by atoms with Crippen molar-refractivity contribution in [3.8, 4) is 0 Å². The highest BCUT2D eigenvalue weighted by Crippen LogP contribution is 2.18. The summed E-state index contributed by atoms with van der Waals surface area (Å²) in [5.41, 5.74) is 8.73. The molecule has 2 aromatic rings. The van der Waals surface area contributed by atoms with Crippen LogP contribution in [0.5, 0.6) is 0 Å². The van der Waals surface area contributed by atoms with Gasteiger partial charge in [0.05, 0.1) is 0 Å². The minimum atomic E-state index is -0.522. The summed E-state index contributed by atoms with van der Waals surface area (Å²) in [5.74, 6) is -0.899. The lowest BCUT2D eigenvalue weighted by Gasteiger charge is -2.09. The van der Waals surface area contributed by atoms with E-state index in [2.05, 4.69) is 5.32 Å². The molecule has 2 aromatic carbocycles. The van der Waals surface area contributed by atoms with Crippen LogP contribution in [0.3, 0.4) is 0 Å². The quantitative estimate of drug-likeness (QED) is 0.812. The van der Waals surface area contributed by atoms with Crippen LogP contribution in [0.4, 0.5) is 15.8 Å². The van der Waals surface area contributed by atoms with E-state index in [-0.39, 0.29) is 17.2 Å². The number of nitrogen functional groups attached to an aromatic ring is 1. The maximum Gasteiger partial charge on any atom is 0.255 e. The molecule has 0 heterocycles. The monoisotopic (exact) mass is 258 g/mol. The predicted molar refractivity (Wildman–Crippen MR) is 74.7 cm³/mol. The van der Waals surface area contributed by atoms with Gasteiger partial charge in [0.25, 0.3) is 5.91 Å². The first-order chi connectivity index (χ1) is 8.95. The Bertz CT molecular complexity index is 618. The third-order valence-corrected chi connectivity index (χ3v) is 2.81. The van der Waals surface area contributed by atoms with E-state index < -0.39 is 5.82 Å². The summed E-state index contributed by atoms with van der Waals surface area (Å²) in [7, 11) is 0. The van der Waals surface area contributed by atoms with Gasteiger partial charge >= 0.3 is 0 Å². The van der Waals surface area contributed by atoms with Crippen LogP contribution in [0.25, 0.3) is 0 Å². The van der Waals surface area contributed by atoms with E-state index in [1.807, 2.05) is 32.0 Å². The Morgan fingerprint density at radius 3 is 2.53 bits per heavy atom. The average Bonchev–Trinajstić information content (AvgIpc) is 2.31. The third-order valence-electron chi connectivity index (χ3n) is 2.81. The van der Waals surface area contributed by atoms with Crippen LogP contribution in [0.2, 0.25) is 0 Å². The molecule has 0 saturated carbocycles. The number of nitrogens with two attached hydrogens (primary N) is 1. The van der Waals surface area contributed by atoms with Crippen molar-refractivity contribution in [1.29, 1.82) is 0 Å². The van der Waals surface area contributed by atoms with E-state index in [1.54, 1.807) is 0 Å². The minimum Gasteiger partial charge on any atom is -0.399 e. The molecule has 0 aliphatic carbocycles. The molecule has 2 rings (SSSR count). The SMILES string of the molecule is Cc1ccc(NC(=O)c2cc(N)cc(F)c2)c(C)c1. The zero-order valence-electron chi connectivity index (χ0n) is 10.8. The number of anilines is 2. The van der Waals surface area contributed by atoms with E-state index in [0.29, 0.717) is 5.69 Å². The van der Waals surface area contributed by atoms with Crippen LogP contribution in [0.1, 0.15) is 21.5 Å². The number of rotatable bonds is 2. The van der Waals surface area contributed by atoms with E-state index in [1.165, 1.54) is 12.1 Å². The van der Waals surface area contributed by atoms with Gasteiger partial charge in [0.1, 0.15) is 5.82 Å². The summed E-state index contributed by atoms with van der Waals surface area (Å²) in [6.45, 7) is 3.88. The van der Waals surface area contributed by atoms with Crippen LogP contribution < -0.4 is 11.1 Å². The number of hydrogen-bond acceptors (Lipinski definition) is 2. The van der Waals surface area contributed by atoms with E-state index in [0.717, 1.165) is 17.2 Å². The Hall–Kier alpha value is -2.36.